The second-order valence-electron chi connectivity index (χ2n) is 4.97. The maximum atomic E-state index is 5.97. The van der Waals surface area contributed by atoms with Crippen LogP contribution in [0.25, 0.3) is 0 Å². The highest BCUT2D eigenvalue weighted by Crippen LogP contribution is 2.29. The van der Waals surface area contributed by atoms with Gasteiger partial charge in [0.2, 0.25) is 0 Å². The second-order valence-corrected chi connectivity index (χ2v) is 4.97. The van der Waals surface area contributed by atoms with Gasteiger partial charge in [-0.3, -0.25) is 0 Å². The summed E-state index contributed by atoms with van der Waals surface area (Å²) in [6.45, 7) is 4.54. The van der Waals surface area contributed by atoms with Gasteiger partial charge in [-0.05, 0) is 25.5 Å². The molecule has 2 aromatic carbocycles. The van der Waals surface area contributed by atoms with Crippen LogP contribution in [0.5, 0.6) is 11.5 Å². The smallest absolute Gasteiger partial charge is 0.128 e. The molecule has 0 aliphatic carbocycles. The Hall–Kier alpha value is -2.00. The fraction of sp³-hybridized carbons (Fsp3) is 0.294. The van der Waals surface area contributed by atoms with Crippen molar-refractivity contribution in [1.29, 1.82) is 0 Å². The first-order valence-corrected chi connectivity index (χ1v) is 6.72. The SMILES string of the molecule is COc1ccc([C@@H](C)N)c(OCc2ccc(C)cc2)c1. The number of hydrogen-bond donors (Lipinski definition) is 1. The van der Waals surface area contributed by atoms with Gasteiger partial charge < -0.3 is 15.2 Å². The molecule has 0 saturated heterocycles. The molecule has 2 rings (SSSR count). The summed E-state index contributed by atoms with van der Waals surface area (Å²) in [6, 6.07) is 14.0. The Balaban J connectivity index is 2.16. The summed E-state index contributed by atoms with van der Waals surface area (Å²) in [7, 11) is 1.64. The fourth-order valence-electron chi connectivity index (χ4n) is 1.99. The standard InChI is InChI=1S/C17H21NO2/c1-12-4-6-14(7-5-12)11-20-17-10-15(19-3)8-9-16(17)13(2)18/h4-10,13H,11,18H2,1-3H3/t13-/m1/s1. The summed E-state index contributed by atoms with van der Waals surface area (Å²) in [4.78, 5) is 0. The van der Waals surface area contributed by atoms with Crippen molar-refractivity contribution >= 4 is 0 Å². The zero-order valence-electron chi connectivity index (χ0n) is 12.2. The van der Waals surface area contributed by atoms with Crippen molar-refractivity contribution in [3.63, 3.8) is 0 Å². The molecular weight excluding hydrogens is 250 g/mol. The van der Waals surface area contributed by atoms with Gasteiger partial charge in [-0.15, -0.1) is 0 Å². The Morgan fingerprint density at radius 3 is 2.40 bits per heavy atom. The maximum absolute atomic E-state index is 5.97. The van der Waals surface area contributed by atoms with E-state index >= 15 is 0 Å². The van der Waals surface area contributed by atoms with Crippen molar-refractivity contribution < 1.29 is 9.47 Å². The van der Waals surface area contributed by atoms with Gasteiger partial charge in [-0.25, -0.2) is 0 Å². The Labute approximate surface area is 120 Å². The first-order valence-electron chi connectivity index (χ1n) is 6.72. The molecule has 0 saturated carbocycles. The largest absolute Gasteiger partial charge is 0.497 e. The Morgan fingerprint density at radius 2 is 1.80 bits per heavy atom. The molecule has 20 heavy (non-hydrogen) atoms. The molecule has 106 valence electrons. The van der Waals surface area contributed by atoms with Crippen LogP contribution in [0.4, 0.5) is 0 Å². The minimum absolute atomic E-state index is 0.0751. The average Bonchev–Trinajstić information content (AvgIpc) is 2.46. The van der Waals surface area contributed by atoms with Crippen molar-refractivity contribution in [2.45, 2.75) is 26.5 Å². The highest BCUT2D eigenvalue weighted by atomic mass is 16.5. The van der Waals surface area contributed by atoms with Gasteiger partial charge in [0.1, 0.15) is 18.1 Å². The van der Waals surface area contributed by atoms with Crippen LogP contribution in [0.3, 0.4) is 0 Å². The lowest BCUT2D eigenvalue weighted by Gasteiger charge is -2.15. The molecule has 0 unspecified atom stereocenters. The van der Waals surface area contributed by atoms with Crippen LogP contribution in [0.15, 0.2) is 42.5 Å². The van der Waals surface area contributed by atoms with E-state index in [2.05, 4.69) is 31.2 Å². The van der Waals surface area contributed by atoms with Gasteiger partial charge in [-0.1, -0.05) is 35.9 Å². The third-order valence-corrected chi connectivity index (χ3v) is 3.23. The van der Waals surface area contributed by atoms with Gasteiger partial charge in [0.05, 0.1) is 7.11 Å². The van der Waals surface area contributed by atoms with E-state index in [1.165, 1.54) is 5.56 Å². The summed E-state index contributed by atoms with van der Waals surface area (Å²) < 4.78 is 11.1. The number of hydrogen-bond acceptors (Lipinski definition) is 3. The number of aryl methyl sites for hydroxylation is 1. The summed E-state index contributed by atoms with van der Waals surface area (Å²) in [6.07, 6.45) is 0. The van der Waals surface area contributed by atoms with Crippen molar-refractivity contribution in [2.24, 2.45) is 5.73 Å². The number of ether oxygens (including phenoxy) is 2. The zero-order valence-corrected chi connectivity index (χ0v) is 12.2. The number of nitrogens with two attached hydrogens (primary N) is 1. The van der Waals surface area contributed by atoms with E-state index in [-0.39, 0.29) is 6.04 Å². The highest BCUT2D eigenvalue weighted by Gasteiger charge is 2.10. The van der Waals surface area contributed by atoms with E-state index in [0.717, 1.165) is 22.6 Å². The molecule has 3 nitrogen and oxygen atoms in total. The van der Waals surface area contributed by atoms with Crippen LogP contribution >= 0.6 is 0 Å². The molecule has 0 amide bonds. The van der Waals surface area contributed by atoms with Gasteiger partial charge in [0.15, 0.2) is 0 Å². The molecule has 3 heteroatoms. The lowest BCUT2D eigenvalue weighted by Crippen LogP contribution is -2.08. The first-order chi connectivity index (χ1) is 9.60. The van der Waals surface area contributed by atoms with Gasteiger partial charge in [-0.2, -0.15) is 0 Å². The molecule has 2 N–H and O–H groups in total. The van der Waals surface area contributed by atoms with Crippen LogP contribution in [0.2, 0.25) is 0 Å². The van der Waals surface area contributed by atoms with Gasteiger partial charge in [0.25, 0.3) is 0 Å². The van der Waals surface area contributed by atoms with E-state index < -0.39 is 0 Å². The van der Waals surface area contributed by atoms with Crippen LogP contribution in [0.1, 0.15) is 29.7 Å². The van der Waals surface area contributed by atoms with Gasteiger partial charge in [0, 0.05) is 17.7 Å². The molecule has 0 spiro atoms. The van der Waals surface area contributed by atoms with E-state index in [9.17, 15) is 0 Å². The van der Waals surface area contributed by atoms with Crippen LogP contribution in [0, 0.1) is 6.92 Å². The number of benzene rings is 2. The quantitative estimate of drug-likeness (QED) is 0.903. The van der Waals surface area contributed by atoms with E-state index in [1.807, 2.05) is 25.1 Å². The van der Waals surface area contributed by atoms with Crippen molar-refractivity contribution in [3.05, 3.63) is 59.2 Å². The van der Waals surface area contributed by atoms with Crippen LogP contribution in [-0.4, -0.2) is 7.11 Å². The van der Waals surface area contributed by atoms with E-state index in [0.29, 0.717) is 6.61 Å². The summed E-state index contributed by atoms with van der Waals surface area (Å²) >= 11 is 0. The molecule has 1 atom stereocenters. The fourth-order valence-corrected chi connectivity index (χ4v) is 1.99. The third-order valence-electron chi connectivity index (χ3n) is 3.23. The Bertz CT molecular complexity index is 562. The minimum Gasteiger partial charge on any atom is -0.497 e. The zero-order chi connectivity index (χ0) is 14.5. The predicted molar refractivity (Wildman–Crippen MR) is 81.1 cm³/mol. The minimum atomic E-state index is -0.0751. The average molecular weight is 271 g/mol. The molecule has 0 fully saturated rings. The molecular formula is C17H21NO2. The van der Waals surface area contributed by atoms with Gasteiger partial charge >= 0.3 is 0 Å². The molecule has 0 radical (unpaired) electrons. The summed E-state index contributed by atoms with van der Waals surface area (Å²) in [5, 5.41) is 0. The topological polar surface area (TPSA) is 44.5 Å². The van der Waals surface area contributed by atoms with Crippen molar-refractivity contribution in [3.8, 4) is 11.5 Å². The molecule has 2 aromatic rings. The van der Waals surface area contributed by atoms with Crippen LogP contribution < -0.4 is 15.2 Å². The van der Waals surface area contributed by atoms with E-state index in [4.69, 9.17) is 15.2 Å². The third kappa shape index (κ3) is 3.52. The predicted octanol–water partition coefficient (Wildman–Crippen LogP) is 3.60. The lowest BCUT2D eigenvalue weighted by atomic mass is 10.1. The molecule has 0 aliphatic heterocycles. The number of rotatable bonds is 5. The normalized spacial score (nSPS) is 12.0. The summed E-state index contributed by atoms with van der Waals surface area (Å²) in [5.41, 5.74) is 9.33. The van der Waals surface area contributed by atoms with Crippen LogP contribution in [-0.2, 0) is 6.61 Å². The summed E-state index contributed by atoms with van der Waals surface area (Å²) in [5.74, 6) is 1.55. The Morgan fingerprint density at radius 1 is 1.10 bits per heavy atom. The maximum Gasteiger partial charge on any atom is 0.128 e. The first kappa shape index (κ1) is 14.4. The highest BCUT2D eigenvalue weighted by molar-refractivity contribution is 5.42. The van der Waals surface area contributed by atoms with Crippen molar-refractivity contribution in [2.75, 3.05) is 7.11 Å². The number of methoxy groups -OCH3 is 1. The monoisotopic (exact) mass is 271 g/mol. The molecule has 0 heterocycles. The molecule has 0 aliphatic rings. The Kier molecular flexibility index (Phi) is 4.64. The van der Waals surface area contributed by atoms with Crippen molar-refractivity contribution in [1.82, 2.24) is 0 Å². The molecule has 0 bridgehead atoms. The second kappa shape index (κ2) is 6.44. The van der Waals surface area contributed by atoms with E-state index in [1.54, 1.807) is 7.11 Å². The molecule has 0 aromatic heterocycles. The lowest BCUT2D eigenvalue weighted by molar-refractivity contribution is 0.299.